The number of halogens is 1. The molecule has 4 atom stereocenters. The first kappa shape index (κ1) is 43.5. The Morgan fingerprint density at radius 1 is 0.940 bits per heavy atom. The van der Waals surface area contributed by atoms with Gasteiger partial charge in [0.1, 0.15) is 12.1 Å². The quantitative estimate of drug-likeness (QED) is 0.142. The van der Waals surface area contributed by atoms with E-state index in [0.717, 1.165) is 18.4 Å². The Morgan fingerprint density at radius 2 is 1.50 bits per heavy atom. The first-order valence-electron chi connectivity index (χ1n) is 18.6. The van der Waals surface area contributed by atoms with Crippen LogP contribution in [0.5, 0.6) is 0 Å². The van der Waals surface area contributed by atoms with Gasteiger partial charge in [-0.15, -0.1) is 11.3 Å². The highest BCUT2D eigenvalue weighted by molar-refractivity contribution is 7.18. The Bertz CT molecular complexity index is 1430. The number of anilines is 1. The molecule has 284 valence electrons. The van der Waals surface area contributed by atoms with Crippen LogP contribution >= 0.6 is 22.9 Å². The number of ketones is 1. The zero-order chi connectivity index (χ0) is 38.2. The summed E-state index contributed by atoms with van der Waals surface area (Å²) in [5, 5.41) is 3.87. The lowest BCUT2D eigenvalue weighted by atomic mass is 10.1. The lowest BCUT2D eigenvalue weighted by Gasteiger charge is -2.45. The second-order valence-electron chi connectivity index (χ2n) is 18.6. The number of thiophene rings is 1. The maximum Gasteiger partial charge on any atom is 0.208 e. The molecule has 3 rings (SSSR count). The molecule has 0 aliphatic heterocycles. The normalized spacial score (nSPS) is 20.3. The van der Waals surface area contributed by atoms with Gasteiger partial charge in [0.05, 0.1) is 27.0 Å². The first-order valence-corrected chi connectivity index (χ1v) is 27.8. The van der Waals surface area contributed by atoms with Gasteiger partial charge in [0, 0.05) is 30.3 Å². The molecule has 0 unspecified atom stereocenters. The predicted octanol–water partition coefficient (Wildman–Crippen LogP) is 12.3. The lowest BCUT2D eigenvalue weighted by molar-refractivity contribution is 0.0971. The van der Waals surface area contributed by atoms with E-state index >= 15 is 0 Å². The summed E-state index contributed by atoms with van der Waals surface area (Å²) in [6, 6.07) is 1.97. The van der Waals surface area contributed by atoms with Crippen LogP contribution in [0.25, 0.3) is 0 Å². The minimum Gasteiger partial charge on any atom is -0.416 e. The van der Waals surface area contributed by atoms with Crippen LogP contribution in [0.2, 0.25) is 57.2 Å². The van der Waals surface area contributed by atoms with E-state index in [4.69, 9.17) is 24.9 Å². The molecule has 1 saturated carbocycles. The van der Waals surface area contributed by atoms with E-state index in [1.165, 1.54) is 17.7 Å². The fourth-order valence-corrected chi connectivity index (χ4v) is 16.6. The average Bonchev–Trinajstić information content (AvgIpc) is 3.55. The number of nitrogens with zero attached hydrogens (tertiary/aromatic N) is 2. The van der Waals surface area contributed by atoms with Crippen molar-refractivity contribution in [2.24, 2.45) is 5.92 Å². The van der Waals surface area contributed by atoms with Crippen molar-refractivity contribution < 1.29 is 18.1 Å². The molecule has 2 heterocycles. The second-order valence-corrected chi connectivity index (χ2v) is 35.2. The molecule has 0 aromatic carbocycles. The fraction of sp³-hybridized carbons (Fsp3) is 0.763. The maximum absolute atomic E-state index is 14.1. The summed E-state index contributed by atoms with van der Waals surface area (Å²) in [5.41, 5.74) is 2.76. The molecular weight excluding hydrogens is 714 g/mol. The molecule has 12 heteroatoms. The highest BCUT2D eigenvalue weighted by Gasteiger charge is 2.50. The lowest BCUT2D eigenvalue weighted by Crippen LogP contribution is -2.51. The molecule has 2 aromatic heterocycles. The van der Waals surface area contributed by atoms with E-state index < -0.39 is 25.0 Å². The molecule has 0 spiro atoms. The minimum atomic E-state index is -2.15. The first-order chi connectivity index (χ1) is 22.7. The molecule has 0 bridgehead atoms. The van der Waals surface area contributed by atoms with E-state index in [2.05, 4.69) is 125 Å². The molecule has 0 radical (unpaired) electrons. The SMILES string of the molecule is CC(C)[Si](O[C@H]1C[C@H](Nc2ncncc2C(=O)c2cc([C@@H](C)O[Si](C)(C)C(C)(C)C)c(Cl)s2)C[C@@H]1CO[Si](C)(C)C(C)(C)C)(C(C)C)C(C)C. The Labute approximate surface area is 316 Å². The van der Waals surface area contributed by atoms with Crippen molar-refractivity contribution in [2.45, 2.75) is 174 Å². The monoisotopic (exact) mass is 781 g/mol. The zero-order valence-electron chi connectivity index (χ0n) is 34.2. The average molecular weight is 783 g/mol. The van der Waals surface area contributed by atoms with Crippen molar-refractivity contribution in [1.82, 2.24) is 9.97 Å². The van der Waals surface area contributed by atoms with Gasteiger partial charge in [0.25, 0.3) is 0 Å². The number of carbonyl (C=O) groups is 1. The Balaban J connectivity index is 1.91. The Kier molecular flexibility index (Phi) is 14.1. The van der Waals surface area contributed by atoms with E-state index in [9.17, 15) is 4.79 Å². The summed E-state index contributed by atoms with van der Waals surface area (Å²) in [4.78, 5) is 23.5. The second kappa shape index (κ2) is 16.2. The van der Waals surface area contributed by atoms with Crippen LogP contribution in [-0.2, 0) is 13.3 Å². The topological polar surface area (TPSA) is 82.6 Å². The third-order valence-corrected chi connectivity index (χ3v) is 28.7. The fourth-order valence-electron chi connectivity index (χ4n) is 7.12. The molecule has 50 heavy (non-hydrogen) atoms. The van der Waals surface area contributed by atoms with E-state index in [0.29, 0.717) is 43.8 Å². The van der Waals surface area contributed by atoms with Gasteiger partial charge in [0.15, 0.2) is 16.6 Å². The summed E-state index contributed by atoms with van der Waals surface area (Å²) in [7, 11) is -6.15. The molecule has 1 aliphatic carbocycles. The standard InChI is InChI=1S/C38H68ClN3O4SSi3/c1-24(2)50(25(3)4,26(5)6)46-32-19-29(18-28(32)22-44-48(14,15)37(8,9)10)42-36-31(21-40-23-41-36)34(43)33-20-30(35(39)47-33)27(7)45-49(16,17)38(11,12)13/h20-21,23-29,32H,18-19,22H2,1-17H3,(H,40,41,42)/t27-,28-,29-,32+/m1/s1. The number of rotatable bonds is 15. The number of hydrogen-bond donors (Lipinski definition) is 1. The molecule has 2 aromatic rings. The van der Waals surface area contributed by atoms with Crippen molar-refractivity contribution in [3.63, 3.8) is 0 Å². The smallest absolute Gasteiger partial charge is 0.208 e. The maximum atomic E-state index is 14.1. The molecular formula is C38H68ClN3O4SSi3. The van der Waals surface area contributed by atoms with Gasteiger partial charge in [-0.2, -0.15) is 0 Å². The largest absolute Gasteiger partial charge is 0.416 e. The molecule has 0 saturated heterocycles. The van der Waals surface area contributed by atoms with Gasteiger partial charge >= 0.3 is 0 Å². The van der Waals surface area contributed by atoms with Crippen LogP contribution in [0.4, 0.5) is 5.82 Å². The zero-order valence-corrected chi connectivity index (χ0v) is 38.8. The van der Waals surface area contributed by atoms with Crippen LogP contribution in [-0.4, -0.2) is 59.5 Å². The number of hydrogen-bond acceptors (Lipinski definition) is 8. The van der Waals surface area contributed by atoms with Crippen LogP contribution < -0.4 is 5.32 Å². The van der Waals surface area contributed by atoms with Crippen LogP contribution in [0.1, 0.15) is 130 Å². The van der Waals surface area contributed by atoms with Gasteiger partial charge in [-0.25, -0.2) is 9.97 Å². The van der Waals surface area contributed by atoms with Gasteiger partial charge < -0.3 is 18.6 Å². The third kappa shape index (κ3) is 9.59. The predicted molar refractivity (Wildman–Crippen MR) is 221 cm³/mol. The summed E-state index contributed by atoms with van der Waals surface area (Å²) >= 11 is 8.06. The van der Waals surface area contributed by atoms with Gasteiger partial charge in [-0.1, -0.05) is 94.7 Å². The highest BCUT2D eigenvalue weighted by atomic mass is 35.5. The highest BCUT2D eigenvalue weighted by Crippen LogP contribution is 2.47. The Hall–Kier alpha value is -0.929. The van der Waals surface area contributed by atoms with Crippen LogP contribution in [0, 0.1) is 5.92 Å². The van der Waals surface area contributed by atoms with E-state index in [1.807, 2.05) is 13.0 Å². The minimum absolute atomic E-state index is 0.0621. The van der Waals surface area contributed by atoms with Crippen LogP contribution in [0.3, 0.4) is 0 Å². The van der Waals surface area contributed by atoms with Gasteiger partial charge in [-0.3, -0.25) is 4.79 Å². The summed E-state index contributed by atoms with van der Waals surface area (Å²) in [5.74, 6) is 0.656. The summed E-state index contributed by atoms with van der Waals surface area (Å²) in [6.45, 7) is 39.4. The van der Waals surface area contributed by atoms with E-state index in [1.54, 1.807) is 6.20 Å². The van der Waals surface area contributed by atoms with Crippen molar-refractivity contribution in [2.75, 3.05) is 11.9 Å². The van der Waals surface area contributed by atoms with Crippen molar-refractivity contribution in [1.29, 1.82) is 0 Å². The Morgan fingerprint density at radius 3 is 2.02 bits per heavy atom. The molecule has 1 N–H and O–H groups in total. The molecule has 0 amide bonds. The summed E-state index contributed by atoms with van der Waals surface area (Å²) in [6.07, 6.45) is 4.70. The van der Waals surface area contributed by atoms with Gasteiger partial charge in [-0.05, 0) is 78.7 Å². The van der Waals surface area contributed by atoms with Crippen LogP contribution in [0.15, 0.2) is 18.6 Å². The van der Waals surface area contributed by atoms with Crippen molar-refractivity contribution in [3.05, 3.63) is 38.9 Å². The summed E-state index contributed by atoms with van der Waals surface area (Å²) < 4.78 is 21.5. The number of carbonyl (C=O) groups excluding carboxylic acids is 1. The van der Waals surface area contributed by atoms with Crippen molar-refractivity contribution >= 4 is 59.5 Å². The van der Waals surface area contributed by atoms with Gasteiger partial charge in [0.2, 0.25) is 14.1 Å². The third-order valence-electron chi connectivity index (χ3n) is 12.1. The van der Waals surface area contributed by atoms with Crippen molar-refractivity contribution in [3.8, 4) is 0 Å². The molecule has 1 fully saturated rings. The number of aromatic nitrogens is 2. The van der Waals surface area contributed by atoms with E-state index in [-0.39, 0.29) is 40.0 Å². The number of nitrogens with one attached hydrogen (secondary N) is 1. The molecule has 1 aliphatic rings. The molecule has 7 nitrogen and oxygen atoms in total.